The smallest absolute Gasteiger partial charge is 0.225 e. The molecule has 1 heterocycles. The van der Waals surface area contributed by atoms with Gasteiger partial charge in [-0.25, -0.2) is 0 Å². The van der Waals surface area contributed by atoms with Gasteiger partial charge in [0.1, 0.15) is 0 Å². The fourth-order valence-electron chi connectivity index (χ4n) is 2.89. The molecular weight excluding hydrogens is 310 g/mol. The number of allylic oxidation sites excluding steroid dienone is 2. The summed E-state index contributed by atoms with van der Waals surface area (Å²) in [4.78, 5) is 13.8. The van der Waals surface area contributed by atoms with Crippen molar-refractivity contribution in [2.24, 2.45) is 5.73 Å². The maximum Gasteiger partial charge on any atom is 0.225 e. The molecule has 1 aliphatic rings. The fourth-order valence-corrected chi connectivity index (χ4v) is 2.89. The van der Waals surface area contributed by atoms with Gasteiger partial charge in [-0.05, 0) is 41.8 Å². The largest absolute Gasteiger partial charge is 0.345 e. The van der Waals surface area contributed by atoms with Crippen molar-refractivity contribution in [2.75, 3.05) is 23.8 Å². The van der Waals surface area contributed by atoms with Gasteiger partial charge in [-0.2, -0.15) is 0 Å². The lowest BCUT2D eigenvalue weighted by Crippen LogP contribution is -2.20. The van der Waals surface area contributed by atoms with Crippen LogP contribution in [-0.4, -0.2) is 19.5 Å². The molecule has 2 aromatic rings. The molecule has 3 N–H and O–H groups in total. The molecule has 0 fully saturated rings. The van der Waals surface area contributed by atoms with Gasteiger partial charge in [0.2, 0.25) is 5.91 Å². The topological polar surface area (TPSA) is 58.4 Å². The van der Waals surface area contributed by atoms with Crippen molar-refractivity contribution in [3.63, 3.8) is 0 Å². The van der Waals surface area contributed by atoms with Gasteiger partial charge in [0.15, 0.2) is 0 Å². The van der Waals surface area contributed by atoms with Gasteiger partial charge in [0.25, 0.3) is 0 Å². The van der Waals surface area contributed by atoms with E-state index in [9.17, 15) is 4.79 Å². The molecule has 0 bridgehead atoms. The number of carbonyl (C=O) groups excluding carboxylic acids is 1. The van der Waals surface area contributed by atoms with Crippen LogP contribution in [0.15, 0.2) is 66.4 Å². The average molecular weight is 333 g/mol. The second-order valence-electron chi connectivity index (χ2n) is 6.06. The van der Waals surface area contributed by atoms with E-state index >= 15 is 0 Å². The van der Waals surface area contributed by atoms with Gasteiger partial charge >= 0.3 is 0 Å². The summed E-state index contributed by atoms with van der Waals surface area (Å²) < 4.78 is 0. The van der Waals surface area contributed by atoms with Crippen molar-refractivity contribution in [3.8, 4) is 0 Å². The highest BCUT2D eigenvalue weighted by atomic mass is 16.1. The van der Waals surface area contributed by atoms with Gasteiger partial charge in [0, 0.05) is 37.1 Å². The quantitative estimate of drug-likeness (QED) is 0.879. The maximum atomic E-state index is 11.5. The SMILES string of the molecule is CN1C(/C=C/c2ccc(NC(=O)CCN)cc2)=CCc2ccccc21. The van der Waals surface area contributed by atoms with E-state index in [1.165, 1.54) is 16.9 Å². The molecule has 1 aliphatic heterocycles. The Morgan fingerprint density at radius 1 is 1.16 bits per heavy atom. The lowest BCUT2D eigenvalue weighted by Gasteiger charge is -2.27. The number of nitrogens with one attached hydrogen (secondary N) is 1. The summed E-state index contributed by atoms with van der Waals surface area (Å²) in [6.45, 7) is 0.360. The molecule has 0 saturated carbocycles. The summed E-state index contributed by atoms with van der Waals surface area (Å²) >= 11 is 0. The van der Waals surface area contributed by atoms with E-state index in [1.54, 1.807) is 0 Å². The highest BCUT2D eigenvalue weighted by Gasteiger charge is 2.13. The first-order chi connectivity index (χ1) is 12.2. The number of benzene rings is 2. The number of hydrogen-bond donors (Lipinski definition) is 2. The zero-order chi connectivity index (χ0) is 17.6. The number of para-hydroxylation sites is 1. The standard InChI is InChI=1S/C21H23N3O/c1-24-19(13-9-17-4-2-3-5-20(17)24)12-8-16-6-10-18(11-7-16)23-21(25)14-15-22/h2-8,10-13H,9,14-15,22H2,1H3,(H,23,25)/b12-8+. The Bertz CT molecular complexity index is 806. The molecule has 0 aromatic heterocycles. The second kappa shape index (κ2) is 7.81. The molecular formula is C21H23N3O. The van der Waals surface area contributed by atoms with Gasteiger partial charge in [-0.15, -0.1) is 0 Å². The van der Waals surface area contributed by atoms with Crippen LogP contribution in [0.2, 0.25) is 0 Å². The minimum absolute atomic E-state index is 0.0570. The Morgan fingerprint density at radius 3 is 2.68 bits per heavy atom. The molecule has 4 heteroatoms. The molecule has 0 radical (unpaired) electrons. The third kappa shape index (κ3) is 4.17. The van der Waals surface area contributed by atoms with Crippen LogP contribution in [0, 0.1) is 0 Å². The Hall–Kier alpha value is -2.85. The van der Waals surface area contributed by atoms with E-state index in [2.05, 4.69) is 59.8 Å². The van der Waals surface area contributed by atoms with E-state index < -0.39 is 0 Å². The molecule has 0 unspecified atom stereocenters. The Kier molecular flexibility index (Phi) is 5.31. The first-order valence-corrected chi connectivity index (χ1v) is 8.47. The molecule has 128 valence electrons. The number of amides is 1. The molecule has 2 aromatic carbocycles. The van der Waals surface area contributed by atoms with Crippen molar-refractivity contribution in [1.29, 1.82) is 0 Å². The van der Waals surface area contributed by atoms with E-state index in [1.807, 2.05) is 24.3 Å². The summed E-state index contributed by atoms with van der Waals surface area (Å²) in [7, 11) is 2.09. The van der Waals surface area contributed by atoms with Crippen molar-refractivity contribution < 1.29 is 4.79 Å². The molecule has 0 aliphatic carbocycles. The molecule has 1 amide bonds. The highest BCUT2D eigenvalue weighted by molar-refractivity contribution is 5.90. The summed E-state index contributed by atoms with van der Waals surface area (Å²) in [5, 5.41) is 2.83. The summed E-state index contributed by atoms with van der Waals surface area (Å²) in [6, 6.07) is 16.3. The average Bonchev–Trinajstić information content (AvgIpc) is 2.63. The van der Waals surface area contributed by atoms with Gasteiger partial charge in [-0.1, -0.05) is 42.5 Å². The lowest BCUT2D eigenvalue weighted by atomic mass is 10.0. The van der Waals surface area contributed by atoms with Crippen LogP contribution < -0.4 is 16.0 Å². The molecule has 4 nitrogen and oxygen atoms in total. The number of nitrogens with zero attached hydrogens (tertiary/aromatic N) is 1. The summed E-state index contributed by atoms with van der Waals surface area (Å²) in [6.07, 6.45) is 7.73. The van der Waals surface area contributed by atoms with E-state index in [0.29, 0.717) is 13.0 Å². The zero-order valence-corrected chi connectivity index (χ0v) is 14.4. The number of anilines is 2. The predicted molar refractivity (Wildman–Crippen MR) is 104 cm³/mol. The van der Waals surface area contributed by atoms with Crippen LogP contribution in [0.3, 0.4) is 0 Å². The van der Waals surface area contributed by atoms with Gasteiger partial charge in [-0.3, -0.25) is 4.79 Å². The van der Waals surface area contributed by atoms with E-state index in [0.717, 1.165) is 17.7 Å². The van der Waals surface area contributed by atoms with Crippen molar-refractivity contribution in [2.45, 2.75) is 12.8 Å². The molecule has 0 saturated heterocycles. The van der Waals surface area contributed by atoms with E-state index in [-0.39, 0.29) is 5.91 Å². The Labute approximate surface area is 148 Å². The van der Waals surface area contributed by atoms with Gasteiger partial charge < -0.3 is 16.0 Å². The van der Waals surface area contributed by atoms with Gasteiger partial charge in [0.05, 0.1) is 0 Å². The number of likely N-dealkylation sites (N-methyl/N-ethyl adjacent to an activating group) is 1. The normalized spacial score (nSPS) is 13.5. The number of rotatable bonds is 5. The first kappa shape index (κ1) is 17.0. The molecule has 3 rings (SSSR count). The number of carbonyl (C=O) groups is 1. The van der Waals surface area contributed by atoms with Crippen LogP contribution in [-0.2, 0) is 11.2 Å². The fraction of sp³-hybridized carbons (Fsp3) is 0.190. The predicted octanol–water partition coefficient (Wildman–Crippen LogP) is 3.56. The number of fused-ring (bicyclic) bond motifs is 1. The molecule has 0 atom stereocenters. The lowest BCUT2D eigenvalue weighted by molar-refractivity contribution is -0.116. The minimum atomic E-state index is -0.0570. The Morgan fingerprint density at radius 2 is 1.92 bits per heavy atom. The van der Waals surface area contributed by atoms with Crippen LogP contribution in [0.4, 0.5) is 11.4 Å². The maximum absolute atomic E-state index is 11.5. The molecule has 0 spiro atoms. The van der Waals surface area contributed by atoms with Crippen LogP contribution in [0.1, 0.15) is 17.5 Å². The third-order valence-electron chi connectivity index (χ3n) is 4.28. The zero-order valence-electron chi connectivity index (χ0n) is 14.4. The number of nitrogens with two attached hydrogens (primary N) is 1. The number of hydrogen-bond acceptors (Lipinski definition) is 3. The summed E-state index contributed by atoms with van der Waals surface area (Å²) in [5.74, 6) is -0.0570. The van der Waals surface area contributed by atoms with E-state index in [4.69, 9.17) is 5.73 Å². The first-order valence-electron chi connectivity index (χ1n) is 8.47. The molecule has 25 heavy (non-hydrogen) atoms. The van der Waals surface area contributed by atoms with Crippen molar-refractivity contribution >= 4 is 23.4 Å². The third-order valence-corrected chi connectivity index (χ3v) is 4.28. The van der Waals surface area contributed by atoms with Crippen LogP contribution >= 0.6 is 0 Å². The van der Waals surface area contributed by atoms with Crippen LogP contribution in [0.5, 0.6) is 0 Å². The van der Waals surface area contributed by atoms with Crippen LogP contribution in [0.25, 0.3) is 6.08 Å². The second-order valence-corrected chi connectivity index (χ2v) is 6.06. The van der Waals surface area contributed by atoms with Crippen molar-refractivity contribution in [3.05, 3.63) is 77.5 Å². The van der Waals surface area contributed by atoms with Crippen molar-refractivity contribution in [1.82, 2.24) is 0 Å². The Balaban J connectivity index is 1.66. The highest BCUT2D eigenvalue weighted by Crippen LogP contribution is 2.28. The monoisotopic (exact) mass is 333 g/mol. The summed E-state index contributed by atoms with van der Waals surface area (Å²) in [5.41, 5.74) is 11.0. The minimum Gasteiger partial charge on any atom is -0.345 e.